The standard InChI is InChI=1S/C19H29NO3.ClH/c1-3-22-19-13-17(15-21)8-9-18(19)23-12-5-4-10-20-11-6-7-16(2)14-20;/h8-9,13,15-16H,3-7,10-12,14H2,1-2H3;1H. The van der Waals surface area contributed by atoms with E-state index in [1.807, 2.05) is 13.0 Å². The number of ether oxygens (including phenoxy) is 2. The van der Waals surface area contributed by atoms with Gasteiger partial charge in [0.2, 0.25) is 0 Å². The van der Waals surface area contributed by atoms with Gasteiger partial charge in [0.15, 0.2) is 11.5 Å². The predicted octanol–water partition coefficient (Wildman–Crippen LogP) is 4.21. The third-order valence-corrected chi connectivity index (χ3v) is 4.27. The Bertz CT molecular complexity index is 496. The van der Waals surface area contributed by atoms with Crippen LogP contribution < -0.4 is 9.47 Å². The Morgan fingerprint density at radius 2 is 2.08 bits per heavy atom. The number of benzene rings is 1. The molecule has 0 aliphatic carbocycles. The second kappa shape index (κ2) is 11.3. The van der Waals surface area contributed by atoms with E-state index in [4.69, 9.17) is 9.47 Å². The van der Waals surface area contributed by atoms with Gasteiger partial charge >= 0.3 is 0 Å². The number of carbonyl (C=O) groups is 1. The molecular formula is C19H30ClNO3. The van der Waals surface area contributed by atoms with Gasteiger partial charge in [0.1, 0.15) is 6.29 Å². The fourth-order valence-electron chi connectivity index (χ4n) is 3.09. The number of aldehydes is 1. The van der Waals surface area contributed by atoms with Crippen molar-refractivity contribution >= 4 is 18.7 Å². The van der Waals surface area contributed by atoms with E-state index in [1.165, 1.54) is 25.9 Å². The second-order valence-corrected chi connectivity index (χ2v) is 6.36. The van der Waals surface area contributed by atoms with Crippen LogP contribution in [0.5, 0.6) is 11.5 Å². The molecule has 1 aromatic carbocycles. The molecule has 1 aromatic rings. The minimum absolute atomic E-state index is 0. The number of likely N-dealkylation sites (tertiary alicyclic amines) is 1. The number of carbonyl (C=O) groups excluding carboxylic acids is 1. The Balaban J connectivity index is 0.00000288. The topological polar surface area (TPSA) is 38.8 Å². The van der Waals surface area contributed by atoms with Gasteiger partial charge in [-0.05, 0) is 69.8 Å². The van der Waals surface area contributed by atoms with Crippen molar-refractivity contribution in [3.63, 3.8) is 0 Å². The van der Waals surface area contributed by atoms with Gasteiger partial charge in [-0.3, -0.25) is 4.79 Å². The van der Waals surface area contributed by atoms with E-state index in [2.05, 4.69) is 11.8 Å². The first kappa shape index (κ1) is 20.8. The first-order valence-electron chi connectivity index (χ1n) is 8.80. The normalized spacial score (nSPS) is 17.8. The summed E-state index contributed by atoms with van der Waals surface area (Å²) >= 11 is 0. The number of halogens is 1. The highest BCUT2D eigenvalue weighted by atomic mass is 35.5. The van der Waals surface area contributed by atoms with Gasteiger partial charge in [0.25, 0.3) is 0 Å². The molecule has 1 fully saturated rings. The fourth-order valence-corrected chi connectivity index (χ4v) is 3.09. The number of piperidine rings is 1. The molecule has 1 aliphatic heterocycles. The molecule has 24 heavy (non-hydrogen) atoms. The second-order valence-electron chi connectivity index (χ2n) is 6.36. The average Bonchev–Trinajstić information content (AvgIpc) is 2.56. The third kappa shape index (κ3) is 6.70. The molecule has 0 N–H and O–H groups in total. The number of hydrogen-bond donors (Lipinski definition) is 0. The molecule has 1 heterocycles. The Kier molecular flexibility index (Phi) is 9.80. The lowest BCUT2D eigenvalue weighted by molar-refractivity contribution is 0.112. The molecule has 0 radical (unpaired) electrons. The molecule has 1 atom stereocenters. The zero-order valence-electron chi connectivity index (χ0n) is 14.8. The molecule has 0 saturated carbocycles. The summed E-state index contributed by atoms with van der Waals surface area (Å²) in [5.74, 6) is 2.22. The van der Waals surface area contributed by atoms with Gasteiger partial charge in [-0.15, -0.1) is 12.4 Å². The summed E-state index contributed by atoms with van der Waals surface area (Å²) in [5, 5.41) is 0. The summed E-state index contributed by atoms with van der Waals surface area (Å²) in [7, 11) is 0. The van der Waals surface area contributed by atoms with E-state index >= 15 is 0 Å². The summed E-state index contributed by atoms with van der Waals surface area (Å²) in [6.07, 6.45) is 5.72. The van der Waals surface area contributed by atoms with Gasteiger partial charge in [-0.25, -0.2) is 0 Å². The van der Waals surface area contributed by atoms with Crippen LogP contribution in [0.15, 0.2) is 18.2 Å². The number of hydrogen-bond acceptors (Lipinski definition) is 4. The Labute approximate surface area is 151 Å². The smallest absolute Gasteiger partial charge is 0.161 e. The van der Waals surface area contributed by atoms with E-state index < -0.39 is 0 Å². The first-order chi connectivity index (χ1) is 11.2. The van der Waals surface area contributed by atoms with Crippen molar-refractivity contribution in [1.29, 1.82) is 0 Å². The van der Waals surface area contributed by atoms with Crippen molar-refractivity contribution in [1.82, 2.24) is 4.90 Å². The van der Waals surface area contributed by atoms with Crippen LogP contribution in [0.25, 0.3) is 0 Å². The Hall–Kier alpha value is -1.26. The lowest BCUT2D eigenvalue weighted by Gasteiger charge is -2.30. The van der Waals surface area contributed by atoms with Crippen molar-refractivity contribution < 1.29 is 14.3 Å². The SMILES string of the molecule is CCOc1cc(C=O)ccc1OCCCCN1CCCC(C)C1.Cl. The van der Waals surface area contributed by atoms with Gasteiger partial charge in [0.05, 0.1) is 13.2 Å². The summed E-state index contributed by atoms with van der Waals surface area (Å²) in [6.45, 7) is 9.16. The van der Waals surface area contributed by atoms with Crippen LogP contribution in [-0.4, -0.2) is 44.0 Å². The van der Waals surface area contributed by atoms with Crippen molar-refractivity contribution in [2.24, 2.45) is 5.92 Å². The maximum Gasteiger partial charge on any atom is 0.161 e. The molecule has 1 unspecified atom stereocenters. The highest BCUT2D eigenvalue weighted by molar-refractivity contribution is 5.85. The molecule has 0 aromatic heterocycles. The monoisotopic (exact) mass is 355 g/mol. The van der Waals surface area contributed by atoms with Gasteiger partial charge in [-0.1, -0.05) is 6.92 Å². The van der Waals surface area contributed by atoms with E-state index in [9.17, 15) is 4.79 Å². The van der Waals surface area contributed by atoms with Crippen LogP contribution in [-0.2, 0) is 0 Å². The Morgan fingerprint density at radius 3 is 2.79 bits per heavy atom. The number of unbranched alkanes of at least 4 members (excludes halogenated alkanes) is 1. The maximum absolute atomic E-state index is 10.8. The molecule has 0 amide bonds. The van der Waals surface area contributed by atoms with Crippen LogP contribution in [0.3, 0.4) is 0 Å². The quantitative estimate of drug-likeness (QED) is 0.491. The number of rotatable bonds is 9. The van der Waals surface area contributed by atoms with Crippen LogP contribution in [0.4, 0.5) is 0 Å². The van der Waals surface area contributed by atoms with Gasteiger partial charge in [0, 0.05) is 12.1 Å². The first-order valence-corrected chi connectivity index (χ1v) is 8.80. The summed E-state index contributed by atoms with van der Waals surface area (Å²) < 4.78 is 11.4. The summed E-state index contributed by atoms with van der Waals surface area (Å²) in [6, 6.07) is 5.32. The lowest BCUT2D eigenvalue weighted by atomic mass is 10.0. The van der Waals surface area contributed by atoms with Crippen LogP contribution in [0.2, 0.25) is 0 Å². The molecule has 1 aliphatic rings. The summed E-state index contributed by atoms with van der Waals surface area (Å²) in [5.41, 5.74) is 0.611. The highest BCUT2D eigenvalue weighted by Gasteiger charge is 2.15. The molecule has 136 valence electrons. The van der Waals surface area contributed by atoms with Crippen LogP contribution >= 0.6 is 12.4 Å². The Morgan fingerprint density at radius 1 is 1.25 bits per heavy atom. The van der Waals surface area contributed by atoms with Crippen molar-refractivity contribution in [2.75, 3.05) is 32.8 Å². The van der Waals surface area contributed by atoms with E-state index in [0.717, 1.165) is 37.3 Å². The van der Waals surface area contributed by atoms with Crippen molar-refractivity contribution in [3.05, 3.63) is 23.8 Å². The van der Waals surface area contributed by atoms with E-state index in [-0.39, 0.29) is 12.4 Å². The zero-order valence-corrected chi connectivity index (χ0v) is 15.6. The molecule has 1 saturated heterocycles. The zero-order chi connectivity index (χ0) is 16.5. The van der Waals surface area contributed by atoms with Crippen LogP contribution in [0.1, 0.15) is 49.9 Å². The van der Waals surface area contributed by atoms with Gasteiger partial charge < -0.3 is 14.4 Å². The minimum Gasteiger partial charge on any atom is -0.490 e. The molecular weight excluding hydrogens is 326 g/mol. The maximum atomic E-state index is 10.8. The van der Waals surface area contributed by atoms with E-state index in [0.29, 0.717) is 24.5 Å². The summed E-state index contributed by atoms with van der Waals surface area (Å²) in [4.78, 5) is 13.4. The average molecular weight is 356 g/mol. The van der Waals surface area contributed by atoms with Crippen molar-refractivity contribution in [2.45, 2.75) is 39.5 Å². The van der Waals surface area contributed by atoms with Crippen LogP contribution in [0, 0.1) is 5.92 Å². The number of nitrogens with zero attached hydrogens (tertiary/aromatic N) is 1. The molecule has 0 spiro atoms. The molecule has 0 bridgehead atoms. The lowest BCUT2D eigenvalue weighted by Crippen LogP contribution is -2.35. The predicted molar refractivity (Wildman–Crippen MR) is 99.8 cm³/mol. The minimum atomic E-state index is 0. The molecule has 2 rings (SSSR count). The molecule has 4 nitrogen and oxygen atoms in total. The fraction of sp³-hybridized carbons (Fsp3) is 0.632. The third-order valence-electron chi connectivity index (χ3n) is 4.27. The van der Waals surface area contributed by atoms with Gasteiger partial charge in [-0.2, -0.15) is 0 Å². The molecule has 5 heteroatoms. The van der Waals surface area contributed by atoms with E-state index in [1.54, 1.807) is 12.1 Å². The largest absolute Gasteiger partial charge is 0.490 e. The van der Waals surface area contributed by atoms with Crippen molar-refractivity contribution in [3.8, 4) is 11.5 Å². The highest BCUT2D eigenvalue weighted by Crippen LogP contribution is 2.28.